The molecule has 1 nitrogen and oxygen atoms in total. The van der Waals surface area contributed by atoms with Crippen LogP contribution in [0.5, 0.6) is 0 Å². The van der Waals surface area contributed by atoms with Gasteiger partial charge >= 0.3 is 0 Å². The van der Waals surface area contributed by atoms with Crippen LogP contribution in [0.3, 0.4) is 0 Å². The first-order chi connectivity index (χ1) is 7.83. The standard InChI is InChI=1S/C14H17NS/c1-3-15-14(13-9-6-10-16-13)12-8-5-4-7-11(12)2/h4-10,14-15H,3H2,1-2H3. The molecular formula is C14H17NS. The molecule has 0 aliphatic carbocycles. The topological polar surface area (TPSA) is 12.0 Å². The van der Waals surface area contributed by atoms with Gasteiger partial charge in [0.1, 0.15) is 0 Å². The van der Waals surface area contributed by atoms with Gasteiger partial charge in [-0.05, 0) is 36.0 Å². The van der Waals surface area contributed by atoms with E-state index in [1.807, 2.05) is 11.3 Å². The zero-order chi connectivity index (χ0) is 11.4. The van der Waals surface area contributed by atoms with Gasteiger partial charge in [0.25, 0.3) is 0 Å². The molecule has 2 rings (SSSR count). The number of rotatable bonds is 4. The minimum absolute atomic E-state index is 0.339. The number of thiophene rings is 1. The minimum atomic E-state index is 0.339. The smallest absolute Gasteiger partial charge is 0.0673 e. The van der Waals surface area contributed by atoms with Gasteiger partial charge in [0.05, 0.1) is 6.04 Å². The van der Waals surface area contributed by atoms with E-state index in [0.29, 0.717) is 6.04 Å². The van der Waals surface area contributed by atoms with Crippen LogP contribution < -0.4 is 5.32 Å². The van der Waals surface area contributed by atoms with E-state index in [4.69, 9.17) is 0 Å². The Morgan fingerprint density at radius 2 is 2.00 bits per heavy atom. The first-order valence-corrected chi connectivity index (χ1v) is 6.53. The predicted molar refractivity (Wildman–Crippen MR) is 71.0 cm³/mol. The monoisotopic (exact) mass is 231 g/mol. The summed E-state index contributed by atoms with van der Waals surface area (Å²) in [5.41, 5.74) is 2.73. The summed E-state index contributed by atoms with van der Waals surface area (Å²) in [6.07, 6.45) is 0. The Kier molecular flexibility index (Phi) is 3.75. The first-order valence-electron chi connectivity index (χ1n) is 5.65. The fourth-order valence-corrected chi connectivity index (χ4v) is 2.75. The number of hydrogen-bond donors (Lipinski definition) is 1. The number of benzene rings is 1. The van der Waals surface area contributed by atoms with Crippen molar-refractivity contribution in [3.8, 4) is 0 Å². The molecule has 0 saturated carbocycles. The molecule has 1 heterocycles. The molecule has 0 amide bonds. The van der Waals surface area contributed by atoms with Gasteiger partial charge in [-0.1, -0.05) is 37.3 Å². The molecule has 0 radical (unpaired) electrons. The van der Waals surface area contributed by atoms with E-state index < -0.39 is 0 Å². The Bertz CT molecular complexity index is 434. The Morgan fingerprint density at radius 1 is 1.19 bits per heavy atom. The second kappa shape index (κ2) is 5.28. The molecule has 2 aromatic rings. The number of nitrogens with one attached hydrogen (secondary N) is 1. The van der Waals surface area contributed by atoms with Crippen molar-refractivity contribution < 1.29 is 0 Å². The second-order valence-corrected chi connectivity index (χ2v) is 4.84. The fourth-order valence-electron chi connectivity index (χ4n) is 1.93. The van der Waals surface area contributed by atoms with Gasteiger partial charge in [-0.2, -0.15) is 0 Å². The van der Waals surface area contributed by atoms with Crippen LogP contribution in [0.15, 0.2) is 41.8 Å². The summed E-state index contributed by atoms with van der Waals surface area (Å²) in [6, 6.07) is 13.2. The third-order valence-corrected chi connectivity index (χ3v) is 3.67. The highest BCUT2D eigenvalue weighted by Gasteiger charge is 2.15. The lowest BCUT2D eigenvalue weighted by Gasteiger charge is -2.19. The molecule has 1 unspecified atom stereocenters. The number of hydrogen-bond acceptors (Lipinski definition) is 2. The van der Waals surface area contributed by atoms with Gasteiger partial charge in [-0.3, -0.25) is 0 Å². The van der Waals surface area contributed by atoms with Crippen molar-refractivity contribution in [2.75, 3.05) is 6.54 Å². The minimum Gasteiger partial charge on any atom is -0.306 e. The maximum absolute atomic E-state index is 3.55. The highest BCUT2D eigenvalue weighted by molar-refractivity contribution is 7.10. The van der Waals surface area contributed by atoms with Crippen LogP contribution in [0.4, 0.5) is 0 Å². The van der Waals surface area contributed by atoms with E-state index in [-0.39, 0.29) is 0 Å². The van der Waals surface area contributed by atoms with Crippen molar-refractivity contribution in [1.29, 1.82) is 0 Å². The van der Waals surface area contributed by atoms with Crippen molar-refractivity contribution in [1.82, 2.24) is 5.32 Å². The largest absolute Gasteiger partial charge is 0.306 e. The molecule has 1 aromatic heterocycles. The summed E-state index contributed by atoms with van der Waals surface area (Å²) in [5, 5.41) is 5.69. The van der Waals surface area contributed by atoms with Crippen molar-refractivity contribution in [3.63, 3.8) is 0 Å². The predicted octanol–water partition coefficient (Wildman–Crippen LogP) is 3.76. The summed E-state index contributed by atoms with van der Waals surface area (Å²) >= 11 is 1.81. The molecule has 1 aromatic carbocycles. The quantitative estimate of drug-likeness (QED) is 0.845. The summed E-state index contributed by atoms with van der Waals surface area (Å²) in [7, 11) is 0. The molecular weight excluding hydrogens is 214 g/mol. The van der Waals surface area contributed by atoms with E-state index in [1.165, 1.54) is 16.0 Å². The molecule has 1 N–H and O–H groups in total. The zero-order valence-corrected chi connectivity index (χ0v) is 10.6. The average Bonchev–Trinajstić information content (AvgIpc) is 2.80. The third kappa shape index (κ3) is 2.34. The van der Waals surface area contributed by atoms with Gasteiger partial charge in [-0.15, -0.1) is 11.3 Å². The lowest BCUT2D eigenvalue weighted by atomic mass is 10.00. The van der Waals surface area contributed by atoms with Crippen LogP contribution in [0, 0.1) is 6.92 Å². The number of aryl methyl sites for hydroxylation is 1. The van der Waals surface area contributed by atoms with E-state index in [1.54, 1.807) is 0 Å². The van der Waals surface area contributed by atoms with E-state index in [0.717, 1.165) is 6.54 Å². The Labute approximate surface area is 101 Å². The molecule has 1 atom stereocenters. The highest BCUT2D eigenvalue weighted by Crippen LogP contribution is 2.27. The molecule has 0 aliphatic rings. The molecule has 0 bridgehead atoms. The highest BCUT2D eigenvalue weighted by atomic mass is 32.1. The summed E-state index contributed by atoms with van der Waals surface area (Å²) in [4.78, 5) is 1.39. The van der Waals surface area contributed by atoms with Crippen LogP contribution in [-0.2, 0) is 0 Å². The first kappa shape index (κ1) is 11.4. The van der Waals surface area contributed by atoms with Crippen LogP contribution >= 0.6 is 11.3 Å². The van der Waals surface area contributed by atoms with Gasteiger partial charge in [0.2, 0.25) is 0 Å². The van der Waals surface area contributed by atoms with Gasteiger partial charge in [-0.25, -0.2) is 0 Å². The SMILES string of the molecule is CCNC(c1cccs1)c1ccccc1C. The van der Waals surface area contributed by atoms with E-state index >= 15 is 0 Å². The van der Waals surface area contributed by atoms with Crippen molar-refractivity contribution in [2.24, 2.45) is 0 Å². The molecule has 84 valence electrons. The van der Waals surface area contributed by atoms with Gasteiger partial charge in [0, 0.05) is 4.88 Å². The summed E-state index contributed by atoms with van der Waals surface area (Å²) < 4.78 is 0. The third-order valence-electron chi connectivity index (χ3n) is 2.74. The molecule has 2 heteroatoms. The normalized spacial score (nSPS) is 12.6. The lowest BCUT2D eigenvalue weighted by molar-refractivity contribution is 0.637. The summed E-state index contributed by atoms with van der Waals surface area (Å²) in [6.45, 7) is 5.31. The second-order valence-electron chi connectivity index (χ2n) is 3.86. The van der Waals surface area contributed by atoms with Crippen molar-refractivity contribution in [2.45, 2.75) is 19.9 Å². The average molecular weight is 231 g/mol. The Morgan fingerprint density at radius 3 is 2.62 bits per heavy atom. The van der Waals surface area contributed by atoms with Crippen LogP contribution in [-0.4, -0.2) is 6.54 Å². The maximum Gasteiger partial charge on any atom is 0.0673 e. The molecule has 0 fully saturated rings. The molecule has 0 saturated heterocycles. The van der Waals surface area contributed by atoms with Crippen LogP contribution in [0.1, 0.15) is 29.0 Å². The maximum atomic E-state index is 3.55. The lowest BCUT2D eigenvalue weighted by Crippen LogP contribution is -2.21. The zero-order valence-electron chi connectivity index (χ0n) is 9.73. The van der Waals surface area contributed by atoms with Gasteiger partial charge < -0.3 is 5.32 Å². The van der Waals surface area contributed by atoms with E-state index in [9.17, 15) is 0 Å². The fraction of sp³-hybridized carbons (Fsp3) is 0.286. The summed E-state index contributed by atoms with van der Waals surface area (Å²) in [5.74, 6) is 0. The molecule has 0 aliphatic heterocycles. The van der Waals surface area contributed by atoms with E-state index in [2.05, 4.69) is 60.9 Å². The van der Waals surface area contributed by atoms with Gasteiger partial charge in [0.15, 0.2) is 0 Å². The van der Waals surface area contributed by atoms with Crippen molar-refractivity contribution in [3.05, 3.63) is 57.8 Å². The Balaban J connectivity index is 2.37. The van der Waals surface area contributed by atoms with Crippen LogP contribution in [0.25, 0.3) is 0 Å². The van der Waals surface area contributed by atoms with Crippen LogP contribution in [0.2, 0.25) is 0 Å². The molecule has 0 spiro atoms. The molecule has 16 heavy (non-hydrogen) atoms. The Hall–Kier alpha value is -1.12. The van der Waals surface area contributed by atoms with Crippen molar-refractivity contribution >= 4 is 11.3 Å².